The molecule has 1 N–H and O–H groups in total. The molecule has 1 aromatic heterocycles. The molecule has 0 radical (unpaired) electrons. The molecule has 4 heteroatoms. The Kier molecular flexibility index (Phi) is 5.05. The maximum Gasteiger partial charge on any atom is 0.287 e. The number of furan rings is 1. The summed E-state index contributed by atoms with van der Waals surface area (Å²) < 4.78 is 5.24. The van der Waals surface area contributed by atoms with Crippen LogP contribution in [-0.2, 0) is 6.54 Å². The number of hydrogen-bond donors (Lipinski definition) is 1. The quantitative estimate of drug-likeness (QED) is 0.915. The molecule has 4 nitrogen and oxygen atoms in total. The van der Waals surface area contributed by atoms with Gasteiger partial charge < -0.3 is 9.73 Å². The summed E-state index contributed by atoms with van der Waals surface area (Å²) in [5.41, 5.74) is 4.96. The second kappa shape index (κ2) is 7.22. The predicted octanol–water partition coefficient (Wildman–Crippen LogP) is 3.46. The van der Waals surface area contributed by atoms with Gasteiger partial charge in [0, 0.05) is 25.2 Å². The van der Waals surface area contributed by atoms with Crippen LogP contribution < -0.4 is 5.32 Å². The Morgan fingerprint density at radius 3 is 2.83 bits per heavy atom. The molecule has 1 aromatic carbocycles. The highest BCUT2D eigenvalue weighted by atomic mass is 16.3. The molecular formula is C20H26N2O2. The maximum atomic E-state index is 12.1. The van der Waals surface area contributed by atoms with Crippen LogP contribution in [0.15, 0.2) is 34.9 Å². The number of aryl methyl sites for hydroxylation is 3. The van der Waals surface area contributed by atoms with Crippen molar-refractivity contribution in [2.75, 3.05) is 19.6 Å². The highest BCUT2D eigenvalue weighted by molar-refractivity contribution is 5.92. The highest BCUT2D eigenvalue weighted by Gasteiger charge is 2.24. The average molecular weight is 326 g/mol. The molecule has 1 fully saturated rings. The van der Waals surface area contributed by atoms with Crippen molar-refractivity contribution in [3.63, 3.8) is 0 Å². The largest absolute Gasteiger partial charge is 0.459 e. The van der Waals surface area contributed by atoms with Gasteiger partial charge in [0.25, 0.3) is 5.91 Å². The van der Waals surface area contributed by atoms with Crippen molar-refractivity contribution < 1.29 is 9.21 Å². The van der Waals surface area contributed by atoms with Gasteiger partial charge in [0.15, 0.2) is 5.76 Å². The van der Waals surface area contributed by atoms with E-state index < -0.39 is 0 Å². The molecule has 24 heavy (non-hydrogen) atoms. The van der Waals surface area contributed by atoms with E-state index in [4.69, 9.17) is 4.42 Å². The second-order valence-electron chi connectivity index (χ2n) is 6.96. The Bertz CT molecular complexity index is 720. The Morgan fingerprint density at radius 1 is 1.25 bits per heavy atom. The van der Waals surface area contributed by atoms with Crippen LogP contribution >= 0.6 is 0 Å². The minimum absolute atomic E-state index is 0.106. The van der Waals surface area contributed by atoms with Crippen LogP contribution in [-0.4, -0.2) is 30.4 Å². The van der Waals surface area contributed by atoms with E-state index in [0.29, 0.717) is 18.2 Å². The number of rotatable bonds is 5. The van der Waals surface area contributed by atoms with E-state index >= 15 is 0 Å². The lowest BCUT2D eigenvalue weighted by Crippen LogP contribution is -2.31. The van der Waals surface area contributed by atoms with Crippen LogP contribution in [0.3, 0.4) is 0 Å². The van der Waals surface area contributed by atoms with Crippen LogP contribution in [0.1, 0.15) is 39.2 Å². The number of nitrogens with zero attached hydrogens (tertiary/aromatic N) is 1. The molecule has 0 saturated carbocycles. The van der Waals surface area contributed by atoms with Crippen molar-refractivity contribution in [2.45, 2.75) is 33.7 Å². The fourth-order valence-electron chi connectivity index (χ4n) is 3.36. The van der Waals surface area contributed by atoms with Crippen LogP contribution in [0.2, 0.25) is 0 Å². The Balaban J connectivity index is 1.50. The van der Waals surface area contributed by atoms with Gasteiger partial charge in [0.1, 0.15) is 0 Å². The number of carbonyl (C=O) groups excluding carboxylic acids is 1. The summed E-state index contributed by atoms with van der Waals surface area (Å²) in [5, 5.41) is 3.01. The lowest BCUT2D eigenvalue weighted by Gasteiger charge is -2.18. The number of amides is 1. The molecular weight excluding hydrogens is 300 g/mol. The van der Waals surface area contributed by atoms with Crippen molar-refractivity contribution in [1.29, 1.82) is 0 Å². The SMILES string of the molecule is Cc1ccc(C)c(CN2CCC(CNC(=O)c3occc3C)C2)c1. The van der Waals surface area contributed by atoms with Gasteiger partial charge in [-0.05, 0) is 56.8 Å². The number of nitrogens with one attached hydrogen (secondary N) is 1. The van der Waals surface area contributed by atoms with Crippen LogP contribution in [0.25, 0.3) is 0 Å². The zero-order chi connectivity index (χ0) is 17.1. The summed E-state index contributed by atoms with van der Waals surface area (Å²) in [6.45, 7) is 10.0. The van der Waals surface area contributed by atoms with Gasteiger partial charge in [-0.3, -0.25) is 9.69 Å². The highest BCUT2D eigenvalue weighted by Crippen LogP contribution is 2.20. The zero-order valence-electron chi connectivity index (χ0n) is 14.8. The molecule has 1 unspecified atom stereocenters. The Morgan fingerprint density at radius 2 is 2.08 bits per heavy atom. The number of benzene rings is 1. The molecule has 0 bridgehead atoms. The lowest BCUT2D eigenvalue weighted by atomic mass is 10.1. The van der Waals surface area contributed by atoms with Gasteiger partial charge in [0.05, 0.1) is 6.26 Å². The molecule has 128 valence electrons. The van der Waals surface area contributed by atoms with Gasteiger partial charge in [-0.1, -0.05) is 23.8 Å². The lowest BCUT2D eigenvalue weighted by molar-refractivity contribution is 0.0918. The second-order valence-corrected chi connectivity index (χ2v) is 6.96. The predicted molar refractivity (Wildman–Crippen MR) is 95.1 cm³/mol. The molecule has 1 saturated heterocycles. The molecule has 1 aliphatic heterocycles. The first-order valence-corrected chi connectivity index (χ1v) is 8.63. The van der Waals surface area contributed by atoms with Crippen molar-refractivity contribution in [3.05, 3.63) is 58.5 Å². The molecule has 2 heterocycles. The molecule has 0 aliphatic carbocycles. The minimum Gasteiger partial charge on any atom is -0.459 e. The molecule has 0 spiro atoms. The van der Waals surface area contributed by atoms with Gasteiger partial charge in [-0.25, -0.2) is 0 Å². The summed E-state index contributed by atoms with van der Waals surface area (Å²) in [7, 11) is 0. The third-order valence-corrected chi connectivity index (χ3v) is 4.89. The third-order valence-electron chi connectivity index (χ3n) is 4.89. The Labute approximate surface area is 143 Å². The summed E-state index contributed by atoms with van der Waals surface area (Å²) in [6.07, 6.45) is 2.69. The molecule has 1 atom stereocenters. The molecule has 2 aromatic rings. The van der Waals surface area contributed by atoms with Crippen molar-refractivity contribution in [2.24, 2.45) is 5.92 Å². The summed E-state index contributed by atoms with van der Waals surface area (Å²) in [5.74, 6) is 0.833. The maximum absolute atomic E-state index is 12.1. The summed E-state index contributed by atoms with van der Waals surface area (Å²) in [4.78, 5) is 14.6. The zero-order valence-corrected chi connectivity index (χ0v) is 14.8. The van der Waals surface area contributed by atoms with Crippen LogP contribution in [0, 0.1) is 26.7 Å². The van der Waals surface area contributed by atoms with E-state index in [9.17, 15) is 4.79 Å². The average Bonchev–Trinajstić information content (AvgIpc) is 3.17. The van der Waals surface area contributed by atoms with Crippen molar-refractivity contribution in [1.82, 2.24) is 10.2 Å². The van der Waals surface area contributed by atoms with Crippen molar-refractivity contribution >= 4 is 5.91 Å². The number of likely N-dealkylation sites (tertiary alicyclic amines) is 1. The van der Waals surface area contributed by atoms with Gasteiger partial charge in [0.2, 0.25) is 0 Å². The standard InChI is InChI=1S/C20H26N2O2/c1-14-4-5-15(2)18(10-14)13-22-8-6-17(12-22)11-21-20(23)19-16(3)7-9-24-19/h4-5,7,9-10,17H,6,8,11-13H2,1-3H3,(H,21,23). The first-order chi connectivity index (χ1) is 11.5. The summed E-state index contributed by atoms with van der Waals surface area (Å²) >= 11 is 0. The fraction of sp³-hybridized carbons (Fsp3) is 0.450. The minimum atomic E-state index is -0.106. The van der Waals surface area contributed by atoms with Gasteiger partial charge in [-0.15, -0.1) is 0 Å². The van der Waals surface area contributed by atoms with E-state index in [0.717, 1.165) is 31.6 Å². The normalized spacial score (nSPS) is 18.0. The van der Waals surface area contributed by atoms with Crippen molar-refractivity contribution in [3.8, 4) is 0 Å². The van der Waals surface area contributed by atoms with Gasteiger partial charge >= 0.3 is 0 Å². The fourth-order valence-corrected chi connectivity index (χ4v) is 3.36. The monoisotopic (exact) mass is 326 g/mol. The number of hydrogen-bond acceptors (Lipinski definition) is 3. The smallest absolute Gasteiger partial charge is 0.287 e. The topological polar surface area (TPSA) is 45.5 Å². The van der Waals surface area contributed by atoms with Crippen LogP contribution in [0.4, 0.5) is 0 Å². The molecule has 1 aliphatic rings. The van der Waals surface area contributed by atoms with Gasteiger partial charge in [-0.2, -0.15) is 0 Å². The van der Waals surface area contributed by atoms with E-state index in [2.05, 4.69) is 42.3 Å². The van der Waals surface area contributed by atoms with E-state index in [-0.39, 0.29) is 5.91 Å². The first-order valence-electron chi connectivity index (χ1n) is 8.63. The Hall–Kier alpha value is -2.07. The first kappa shape index (κ1) is 16.8. The summed E-state index contributed by atoms with van der Waals surface area (Å²) in [6, 6.07) is 8.46. The van der Waals surface area contributed by atoms with E-state index in [1.807, 2.05) is 13.0 Å². The number of carbonyl (C=O) groups is 1. The molecule has 1 amide bonds. The van der Waals surface area contributed by atoms with E-state index in [1.54, 1.807) is 6.26 Å². The van der Waals surface area contributed by atoms with E-state index in [1.165, 1.54) is 16.7 Å². The third kappa shape index (κ3) is 3.88. The van der Waals surface area contributed by atoms with Crippen LogP contribution in [0.5, 0.6) is 0 Å². The molecule has 3 rings (SSSR count).